The van der Waals surface area contributed by atoms with Crippen molar-refractivity contribution in [3.8, 4) is 5.75 Å². The zero-order valence-electron chi connectivity index (χ0n) is 22.0. The van der Waals surface area contributed by atoms with Gasteiger partial charge in [-0.2, -0.15) is 0 Å². The Morgan fingerprint density at radius 1 is 1.13 bits per heavy atom. The summed E-state index contributed by atoms with van der Waals surface area (Å²) in [6, 6.07) is 11.6. The van der Waals surface area contributed by atoms with Gasteiger partial charge in [-0.25, -0.2) is 9.59 Å². The normalized spacial score (nSPS) is 18.5. The van der Waals surface area contributed by atoms with Gasteiger partial charge in [0.05, 0.1) is 17.9 Å². The van der Waals surface area contributed by atoms with Crippen molar-refractivity contribution in [1.29, 1.82) is 0 Å². The summed E-state index contributed by atoms with van der Waals surface area (Å²) in [6.45, 7) is 7.23. The lowest BCUT2D eigenvalue weighted by atomic mass is 9.84. The fourth-order valence-corrected chi connectivity index (χ4v) is 4.76. The molecule has 0 spiro atoms. The van der Waals surface area contributed by atoms with E-state index in [1.807, 2.05) is 0 Å². The molecule has 202 valence electrons. The number of carbonyl (C=O) groups is 4. The number of benzene rings is 2. The smallest absolute Gasteiger partial charge is 0.338 e. The van der Waals surface area contributed by atoms with Crippen LogP contribution in [0.25, 0.3) is 0 Å². The molecule has 0 unspecified atom stereocenters. The van der Waals surface area contributed by atoms with E-state index in [0.29, 0.717) is 35.8 Å². The number of fused-ring (bicyclic) bond motifs is 1. The molecular weight excluding hydrogens is 488 g/mol. The Hall–Kier alpha value is -4.08. The highest BCUT2D eigenvalue weighted by molar-refractivity contribution is 6.05. The van der Waals surface area contributed by atoms with Crippen LogP contribution in [0.3, 0.4) is 0 Å². The van der Waals surface area contributed by atoms with Crippen molar-refractivity contribution in [3.63, 3.8) is 0 Å². The Morgan fingerprint density at radius 3 is 2.68 bits per heavy atom. The molecule has 2 aromatic carbocycles. The van der Waals surface area contributed by atoms with E-state index in [2.05, 4.69) is 24.5 Å². The minimum absolute atomic E-state index is 0.0183. The van der Waals surface area contributed by atoms with Gasteiger partial charge in [-0.15, -0.1) is 0 Å². The number of hydrogen-bond acceptors (Lipinski definition) is 6. The molecule has 4 amide bonds. The van der Waals surface area contributed by atoms with Crippen molar-refractivity contribution in [2.75, 3.05) is 43.1 Å². The monoisotopic (exact) mass is 522 g/mol. The quantitative estimate of drug-likeness (QED) is 0.562. The van der Waals surface area contributed by atoms with Gasteiger partial charge in [-0.05, 0) is 55.5 Å². The van der Waals surface area contributed by atoms with Gasteiger partial charge in [0, 0.05) is 18.8 Å². The maximum Gasteiger partial charge on any atom is 0.338 e. The molecule has 0 bridgehead atoms. The van der Waals surface area contributed by atoms with E-state index >= 15 is 0 Å². The van der Waals surface area contributed by atoms with E-state index in [-0.39, 0.29) is 31.1 Å². The molecule has 1 atom stereocenters. The van der Waals surface area contributed by atoms with Gasteiger partial charge in [0.1, 0.15) is 24.9 Å². The van der Waals surface area contributed by atoms with Gasteiger partial charge < -0.3 is 25.0 Å². The number of anilines is 2. The molecule has 1 fully saturated rings. The topological polar surface area (TPSA) is 117 Å². The molecule has 2 aliphatic heterocycles. The first kappa shape index (κ1) is 27.0. The Morgan fingerprint density at radius 2 is 1.92 bits per heavy atom. The lowest BCUT2D eigenvalue weighted by Crippen LogP contribution is -2.54. The zero-order valence-corrected chi connectivity index (χ0v) is 22.0. The van der Waals surface area contributed by atoms with Crippen molar-refractivity contribution in [3.05, 3.63) is 54.1 Å². The first-order valence-corrected chi connectivity index (χ1v) is 12.8. The van der Waals surface area contributed by atoms with Crippen LogP contribution >= 0.6 is 0 Å². The minimum Gasteiger partial charge on any atom is -0.489 e. The Labute approximate surface area is 222 Å². The number of nitrogens with zero attached hydrogens (tertiary/aromatic N) is 2. The molecule has 0 aromatic heterocycles. The Kier molecular flexibility index (Phi) is 8.19. The van der Waals surface area contributed by atoms with Crippen LogP contribution in [-0.4, -0.2) is 67.6 Å². The summed E-state index contributed by atoms with van der Waals surface area (Å²) < 4.78 is 10.9. The number of piperidine rings is 1. The maximum absolute atomic E-state index is 13.6. The van der Waals surface area contributed by atoms with Crippen molar-refractivity contribution in [2.24, 2.45) is 5.41 Å². The van der Waals surface area contributed by atoms with Gasteiger partial charge in [0.2, 0.25) is 5.91 Å². The van der Waals surface area contributed by atoms with Crippen molar-refractivity contribution in [2.45, 2.75) is 39.7 Å². The van der Waals surface area contributed by atoms with E-state index in [1.54, 1.807) is 54.3 Å². The average Bonchev–Trinajstić information content (AvgIpc) is 3.01. The molecule has 2 aromatic rings. The van der Waals surface area contributed by atoms with Crippen LogP contribution in [0.4, 0.5) is 16.2 Å². The van der Waals surface area contributed by atoms with Crippen LogP contribution < -0.4 is 20.3 Å². The molecule has 0 aliphatic carbocycles. The van der Waals surface area contributed by atoms with Gasteiger partial charge in [-0.3, -0.25) is 14.5 Å². The average molecular weight is 523 g/mol. The minimum atomic E-state index is -1.04. The summed E-state index contributed by atoms with van der Waals surface area (Å²) in [5, 5.41) is 5.30. The molecule has 10 nitrogen and oxygen atoms in total. The summed E-state index contributed by atoms with van der Waals surface area (Å²) in [6.07, 6.45) is 1.95. The van der Waals surface area contributed by atoms with Gasteiger partial charge in [-0.1, -0.05) is 32.0 Å². The molecule has 1 saturated heterocycles. The fourth-order valence-electron chi connectivity index (χ4n) is 4.76. The van der Waals surface area contributed by atoms with Crippen LogP contribution in [0.2, 0.25) is 0 Å². The highest BCUT2D eigenvalue weighted by atomic mass is 16.5. The second-order valence-electron chi connectivity index (χ2n) is 10.2. The summed E-state index contributed by atoms with van der Waals surface area (Å²) in [5.74, 6) is -0.643. The van der Waals surface area contributed by atoms with Crippen molar-refractivity contribution < 1.29 is 28.7 Å². The van der Waals surface area contributed by atoms with Crippen molar-refractivity contribution >= 4 is 35.2 Å². The van der Waals surface area contributed by atoms with Crippen LogP contribution in [0.1, 0.15) is 44.0 Å². The zero-order chi connectivity index (χ0) is 27.3. The number of para-hydroxylation sites is 2. The fraction of sp³-hybridized carbons (Fsp3) is 0.429. The third kappa shape index (κ3) is 6.42. The highest BCUT2D eigenvalue weighted by Gasteiger charge is 2.36. The molecule has 0 saturated carbocycles. The predicted octanol–water partition coefficient (Wildman–Crippen LogP) is 3.43. The van der Waals surface area contributed by atoms with E-state index in [0.717, 1.165) is 12.8 Å². The molecule has 2 heterocycles. The van der Waals surface area contributed by atoms with Gasteiger partial charge in [0.15, 0.2) is 0 Å². The van der Waals surface area contributed by atoms with Crippen LogP contribution in [0, 0.1) is 5.41 Å². The van der Waals surface area contributed by atoms with Crippen LogP contribution in [-0.2, 0) is 14.3 Å². The second kappa shape index (κ2) is 11.5. The van der Waals surface area contributed by atoms with Crippen LogP contribution in [0.15, 0.2) is 48.5 Å². The van der Waals surface area contributed by atoms with E-state index in [4.69, 9.17) is 9.47 Å². The molecule has 10 heteroatoms. The number of urea groups is 1. The van der Waals surface area contributed by atoms with Crippen molar-refractivity contribution in [1.82, 2.24) is 10.2 Å². The first-order valence-electron chi connectivity index (χ1n) is 12.8. The highest BCUT2D eigenvalue weighted by Crippen LogP contribution is 2.32. The number of hydrogen-bond donors (Lipinski definition) is 2. The summed E-state index contributed by atoms with van der Waals surface area (Å²) in [7, 11) is 0. The number of ether oxygens (including phenoxy) is 2. The SMILES string of the molecule is CCOC(=O)c1cccc(NC(=O)N[C@@H]2COc3ccccc3N(CC(=O)N3CCCC(C)(C)C3)C2=O)c1. The maximum atomic E-state index is 13.6. The first-order chi connectivity index (χ1) is 18.2. The summed E-state index contributed by atoms with van der Waals surface area (Å²) in [4.78, 5) is 54.9. The summed E-state index contributed by atoms with van der Waals surface area (Å²) in [5.41, 5.74) is 1.15. The standard InChI is InChI=1S/C28H34N4O6/c1-4-37-26(35)19-9-7-10-20(15-19)29-27(36)30-21-17-38-23-12-6-5-11-22(23)32(25(21)34)16-24(33)31-14-8-13-28(2,3)18-31/h5-7,9-12,15,21H,4,8,13-14,16-18H2,1-3H3,(H2,29,30,36)/t21-/m1/s1. The molecule has 2 aliphatic rings. The van der Waals surface area contributed by atoms with Crippen LogP contribution in [0.5, 0.6) is 5.75 Å². The number of esters is 1. The second-order valence-corrected chi connectivity index (χ2v) is 10.2. The number of nitrogens with one attached hydrogen (secondary N) is 2. The number of likely N-dealkylation sites (tertiary alicyclic amines) is 1. The lowest BCUT2D eigenvalue weighted by molar-refractivity contribution is -0.134. The number of amides is 4. The largest absolute Gasteiger partial charge is 0.489 e. The van der Waals surface area contributed by atoms with E-state index in [1.165, 1.54) is 11.0 Å². The van der Waals surface area contributed by atoms with E-state index < -0.39 is 23.9 Å². The third-order valence-electron chi connectivity index (χ3n) is 6.61. The predicted molar refractivity (Wildman–Crippen MR) is 142 cm³/mol. The van der Waals surface area contributed by atoms with Gasteiger partial charge >= 0.3 is 12.0 Å². The molecule has 0 radical (unpaired) electrons. The summed E-state index contributed by atoms with van der Waals surface area (Å²) >= 11 is 0. The number of carbonyl (C=O) groups excluding carboxylic acids is 4. The number of rotatable bonds is 6. The third-order valence-corrected chi connectivity index (χ3v) is 6.61. The molecule has 2 N–H and O–H groups in total. The lowest BCUT2D eigenvalue weighted by Gasteiger charge is -2.39. The molecule has 4 rings (SSSR count). The van der Waals surface area contributed by atoms with E-state index in [9.17, 15) is 19.2 Å². The molecule has 38 heavy (non-hydrogen) atoms. The molecular formula is C28H34N4O6. The Balaban J connectivity index is 1.48. The van der Waals surface area contributed by atoms with Gasteiger partial charge in [0.25, 0.3) is 5.91 Å². The Bertz CT molecular complexity index is 1210.